The van der Waals surface area contributed by atoms with Gasteiger partial charge in [0, 0.05) is 24.2 Å². The number of aldehydes is 1. The van der Waals surface area contributed by atoms with Gasteiger partial charge in [-0.1, -0.05) is 19.4 Å². The predicted molar refractivity (Wildman–Crippen MR) is 93.1 cm³/mol. The highest BCUT2D eigenvalue weighted by molar-refractivity contribution is 6.29. The Hall–Kier alpha value is -1.62. The molecule has 5 nitrogen and oxygen atoms in total. The Morgan fingerprint density at radius 1 is 1.19 bits per heavy atom. The van der Waals surface area contributed by atoms with Gasteiger partial charge < -0.3 is 5.11 Å². The summed E-state index contributed by atoms with van der Waals surface area (Å²) in [7, 11) is 0. The van der Waals surface area contributed by atoms with Crippen LogP contribution in [0.15, 0.2) is 11.6 Å². The molecule has 1 N–H and O–H groups in total. The van der Waals surface area contributed by atoms with Gasteiger partial charge in [-0.3, -0.25) is 19.2 Å². The summed E-state index contributed by atoms with van der Waals surface area (Å²) in [6.45, 7) is 3.93. The minimum absolute atomic E-state index is 0.0510. The van der Waals surface area contributed by atoms with Crippen LogP contribution in [0.25, 0.3) is 0 Å². The van der Waals surface area contributed by atoms with Gasteiger partial charge >= 0.3 is 0 Å². The second kappa shape index (κ2) is 5.44. The van der Waals surface area contributed by atoms with E-state index in [0.29, 0.717) is 19.3 Å². The summed E-state index contributed by atoms with van der Waals surface area (Å²) in [5.41, 5.74) is -1.78. The van der Waals surface area contributed by atoms with Crippen molar-refractivity contribution in [1.82, 2.24) is 0 Å². The smallest absolute Gasteiger partial charge is 0.227 e. The molecule has 4 aliphatic carbocycles. The fourth-order valence-electron chi connectivity index (χ4n) is 6.89. The molecule has 4 rings (SSSR count). The SMILES string of the molecule is CC12CCC(=O)C=C1CCC1C2C(=O)CC2(C)C1CCC2(O)C(=O)C=O. The van der Waals surface area contributed by atoms with E-state index < -0.39 is 16.8 Å². The topological polar surface area (TPSA) is 88.5 Å². The zero-order valence-electron chi connectivity index (χ0n) is 15.4. The third-order valence-electron chi connectivity index (χ3n) is 8.32. The van der Waals surface area contributed by atoms with Gasteiger partial charge in [-0.05, 0) is 55.4 Å². The van der Waals surface area contributed by atoms with Gasteiger partial charge in [0.25, 0.3) is 0 Å². The molecule has 0 radical (unpaired) electrons. The van der Waals surface area contributed by atoms with E-state index in [9.17, 15) is 24.3 Å². The first-order chi connectivity index (χ1) is 12.2. The summed E-state index contributed by atoms with van der Waals surface area (Å²) in [6, 6.07) is 0. The minimum atomic E-state index is -1.72. The van der Waals surface area contributed by atoms with Crippen molar-refractivity contribution < 1.29 is 24.3 Å². The Bertz CT molecular complexity index is 752. The molecule has 4 aliphatic rings. The molecule has 3 saturated carbocycles. The molecule has 0 aromatic carbocycles. The number of ketones is 3. The average Bonchev–Trinajstić information content (AvgIpc) is 2.86. The predicted octanol–water partition coefficient (Wildman–Crippen LogP) is 2.20. The number of rotatable bonds is 2. The van der Waals surface area contributed by atoms with Crippen LogP contribution in [0, 0.1) is 28.6 Å². The number of hydrogen-bond acceptors (Lipinski definition) is 5. The number of carbonyl (C=O) groups is 4. The van der Waals surface area contributed by atoms with E-state index in [4.69, 9.17) is 0 Å². The zero-order valence-corrected chi connectivity index (χ0v) is 15.4. The lowest BCUT2D eigenvalue weighted by Gasteiger charge is -2.57. The molecule has 0 amide bonds. The van der Waals surface area contributed by atoms with Crippen LogP contribution in [-0.4, -0.2) is 34.3 Å². The van der Waals surface area contributed by atoms with Crippen LogP contribution in [0.1, 0.15) is 58.8 Å². The van der Waals surface area contributed by atoms with E-state index in [-0.39, 0.29) is 53.9 Å². The number of Topliss-reactive ketones (excluding diaryl/α,β-unsaturated/α-hetero) is 2. The van der Waals surface area contributed by atoms with Gasteiger partial charge in [-0.15, -0.1) is 0 Å². The van der Waals surface area contributed by atoms with Crippen LogP contribution in [0.4, 0.5) is 0 Å². The molecule has 5 heteroatoms. The number of hydrogen-bond donors (Lipinski definition) is 1. The van der Waals surface area contributed by atoms with Gasteiger partial charge in [0.15, 0.2) is 12.1 Å². The highest BCUT2D eigenvalue weighted by atomic mass is 16.3. The van der Waals surface area contributed by atoms with E-state index in [1.54, 1.807) is 6.08 Å². The maximum absolute atomic E-state index is 13.3. The van der Waals surface area contributed by atoms with Crippen LogP contribution >= 0.6 is 0 Å². The molecule has 0 heterocycles. The average molecular weight is 358 g/mol. The van der Waals surface area contributed by atoms with Gasteiger partial charge in [0.05, 0.1) is 0 Å². The number of allylic oxidation sites excluding steroid dienone is 1. The Kier molecular flexibility index (Phi) is 3.72. The summed E-state index contributed by atoms with van der Waals surface area (Å²) in [5, 5.41) is 11.1. The van der Waals surface area contributed by atoms with Crippen LogP contribution in [0.3, 0.4) is 0 Å². The summed E-state index contributed by atoms with van der Waals surface area (Å²) < 4.78 is 0. The third-order valence-corrected chi connectivity index (χ3v) is 8.32. The van der Waals surface area contributed by atoms with Crippen molar-refractivity contribution in [2.45, 2.75) is 64.4 Å². The van der Waals surface area contributed by atoms with Crippen LogP contribution in [0.5, 0.6) is 0 Å². The quantitative estimate of drug-likeness (QED) is 0.604. The monoisotopic (exact) mass is 358 g/mol. The van der Waals surface area contributed by atoms with Crippen LogP contribution in [0.2, 0.25) is 0 Å². The largest absolute Gasteiger partial charge is 0.381 e. The molecule has 6 atom stereocenters. The summed E-state index contributed by atoms with van der Waals surface area (Å²) in [4.78, 5) is 48.5. The highest BCUT2D eigenvalue weighted by Gasteiger charge is 2.68. The molecule has 0 bridgehead atoms. The van der Waals surface area contributed by atoms with Crippen LogP contribution in [-0.2, 0) is 19.2 Å². The van der Waals surface area contributed by atoms with E-state index in [1.165, 1.54) is 0 Å². The zero-order chi connectivity index (χ0) is 18.9. The van der Waals surface area contributed by atoms with E-state index in [1.807, 2.05) is 6.92 Å². The Morgan fingerprint density at radius 3 is 2.62 bits per heavy atom. The molecular formula is C21H26O5. The van der Waals surface area contributed by atoms with Crippen molar-refractivity contribution in [1.29, 1.82) is 0 Å². The molecule has 0 aromatic heterocycles. The van der Waals surface area contributed by atoms with Crippen molar-refractivity contribution in [3.05, 3.63) is 11.6 Å². The lowest BCUT2D eigenvalue weighted by atomic mass is 9.46. The molecule has 140 valence electrons. The minimum Gasteiger partial charge on any atom is -0.381 e. The highest BCUT2D eigenvalue weighted by Crippen LogP contribution is 2.66. The first-order valence-electron chi connectivity index (χ1n) is 9.66. The first kappa shape index (κ1) is 17.8. The van der Waals surface area contributed by atoms with Crippen molar-refractivity contribution in [3.63, 3.8) is 0 Å². The molecule has 0 aliphatic heterocycles. The van der Waals surface area contributed by atoms with Gasteiger partial charge in [-0.2, -0.15) is 0 Å². The second-order valence-electron chi connectivity index (χ2n) is 9.28. The Labute approximate surface area is 153 Å². The Morgan fingerprint density at radius 2 is 1.92 bits per heavy atom. The van der Waals surface area contributed by atoms with Crippen molar-refractivity contribution in [3.8, 4) is 0 Å². The molecule has 3 fully saturated rings. The van der Waals surface area contributed by atoms with Crippen molar-refractivity contribution in [2.75, 3.05) is 0 Å². The van der Waals surface area contributed by atoms with Gasteiger partial charge in [-0.25, -0.2) is 0 Å². The van der Waals surface area contributed by atoms with E-state index >= 15 is 0 Å². The van der Waals surface area contributed by atoms with Crippen molar-refractivity contribution >= 4 is 23.6 Å². The molecule has 0 aromatic rings. The molecule has 26 heavy (non-hydrogen) atoms. The third kappa shape index (κ3) is 2.01. The first-order valence-corrected chi connectivity index (χ1v) is 9.66. The summed E-state index contributed by atoms with van der Waals surface area (Å²) in [6.07, 6.45) is 5.78. The second-order valence-corrected chi connectivity index (χ2v) is 9.28. The number of carbonyl (C=O) groups excluding carboxylic acids is 4. The van der Waals surface area contributed by atoms with Crippen LogP contribution < -0.4 is 0 Å². The van der Waals surface area contributed by atoms with Crippen molar-refractivity contribution in [2.24, 2.45) is 28.6 Å². The fourth-order valence-corrected chi connectivity index (χ4v) is 6.89. The number of aliphatic hydroxyl groups is 1. The Balaban J connectivity index is 1.76. The normalized spacial score (nSPS) is 47.5. The van der Waals surface area contributed by atoms with Gasteiger partial charge in [0.2, 0.25) is 5.78 Å². The molecular weight excluding hydrogens is 332 g/mol. The maximum atomic E-state index is 13.3. The molecule has 6 unspecified atom stereocenters. The number of fused-ring (bicyclic) bond motifs is 5. The summed E-state index contributed by atoms with van der Waals surface area (Å²) >= 11 is 0. The lowest BCUT2D eigenvalue weighted by Crippen LogP contribution is -2.60. The van der Waals surface area contributed by atoms with E-state index in [2.05, 4.69) is 6.92 Å². The lowest BCUT2D eigenvalue weighted by molar-refractivity contribution is -0.169. The summed E-state index contributed by atoms with van der Waals surface area (Å²) in [5.74, 6) is -0.562. The van der Waals surface area contributed by atoms with Gasteiger partial charge in [0.1, 0.15) is 11.4 Å². The molecule has 0 saturated heterocycles. The van der Waals surface area contributed by atoms with E-state index in [0.717, 1.165) is 18.4 Å². The standard InChI is InChI=1S/C21H26O5/c1-19-7-5-13(23)9-12(19)3-4-14-15-6-8-21(26,17(25)11-22)20(15,2)10-16(24)18(14)19/h9,11,14-15,18,26H,3-8,10H2,1-2H3. The molecule has 0 spiro atoms. The maximum Gasteiger partial charge on any atom is 0.227 e. The fraction of sp³-hybridized carbons (Fsp3) is 0.714.